The number of hydrogen-bond donors (Lipinski definition) is 1. The van der Waals surface area contributed by atoms with Crippen LogP contribution in [0.15, 0.2) is 47.8 Å². The number of hydrazone groups is 1. The third kappa shape index (κ3) is 5.16. The second kappa shape index (κ2) is 7.59. The Hall–Kier alpha value is -3.36. The first kappa shape index (κ1) is 16.0. The number of hydrogen-bond acceptors (Lipinski definition) is 6. The predicted molar refractivity (Wildman–Crippen MR) is 83.4 cm³/mol. The maximum atomic E-state index is 11.7. The maximum absolute atomic E-state index is 11.7. The molecule has 1 N–H and O–H groups in total. The van der Waals surface area contributed by atoms with Gasteiger partial charge >= 0.3 is 5.95 Å². The van der Waals surface area contributed by atoms with E-state index < -0.39 is 16.8 Å². The normalized spacial score (nSPS) is 11.6. The van der Waals surface area contributed by atoms with Gasteiger partial charge in [0.25, 0.3) is 5.91 Å². The number of carbonyl (C=O) groups excluding carboxylic acids is 1. The van der Waals surface area contributed by atoms with E-state index in [1.54, 1.807) is 13.0 Å². The van der Waals surface area contributed by atoms with Crippen molar-refractivity contribution in [2.45, 2.75) is 13.5 Å². The van der Waals surface area contributed by atoms with E-state index in [0.717, 1.165) is 16.6 Å². The Balaban J connectivity index is 1.87. The van der Waals surface area contributed by atoms with E-state index in [1.165, 1.54) is 0 Å². The van der Waals surface area contributed by atoms with Gasteiger partial charge in [0, 0.05) is 5.10 Å². The van der Waals surface area contributed by atoms with Gasteiger partial charge in [0.15, 0.2) is 0 Å². The van der Waals surface area contributed by atoms with Crippen molar-refractivity contribution in [1.29, 1.82) is 0 Å². The topological polar surface area (TPSA) is 115 Å². The number of rotatable bonds is 6. The third-order valence-electron chi connectivity index (χ3n) is 2.67. The van der Waals surface area contributed by atoms with Crippen molar-refractivity contribution in [3.05, 3.63) is 58.4 Å². The number of allylic oxidation sites excluding steroid dienone is 1. The molecule has 0 aliphatic heterocycles. The summed E-state index contributed by atoms with van der Waals surface area (Å²) in [5.41, 5.74) is 3.97. The number of carbonyl (C=O) groups is 1. The average molecular weight is 314 g/mol. The minimum Gasteiger partial charge on any atom is -0.390 e. The molecular weight excluding hydrogens is 300 g/mol. The van der Waals surface area contributed by atoms with Crippen molar-refractivity contribution in [3.63, 3.8) is 0 Å². The Morgan fingerprint density at radius 1 is 1.43 bits per heavy atom. The number of amides is 1. The lowest BCUT2D eigenvalue weighted by Crippen LogP contribution is -2.24. The highest BCUT2D eigenvalue weighted by Crippen LogP contribution is 2.01. The molecule has 0 aliphatic rings. The average Bonchev–Trinajstić information content (AvgIpc) is 3.00. The van der Waals surface area contributed by atoms with E-state index >= 15 is 0 Å². The Bertz CT molecular complexity index is 751. The molecule has 0 saturated carbocycles. The summed E-state index contributed by atoms with van der Waals surface area (Å²) in [6.45, 7) is 1.53. The monoisotopic (exact) mass is 314 g/mol. The van der Waals surface area contributed by atoms with Crippen LogP contribution < -0.4 is 5.43 Å². The SMILES string of the molecule is CC(C=Cc1ccccc1)=NNC(=O)Cn1cnc([N+](=O)[O-])n1. The second-order valence-corrected chi connectivity index (χ2v) is 4.53. The summed E-state index contributed by atoms with van der Waals surface area (Å²) in [6.07, 6.45) is 4.74. The van der Waals surface area contributed by atoms with Crippen LogP contribution in [0.1, 0.15) is 12.5 Å². The van der Waals surface area contributed by atoms with Crippen molar-refractivity contribution in [3.8, 4) is 0 Å². The van der Waals surface area contributed by atoms with Gasteiger partial charge in [-0.25, -0.2) is 5.43 Å². The van der Waals surface area contributed by atoms with Crippen LogP contribution in [0.5, 0.6) is 0 Å². The van der Waals surface area contributed by atoms with Gasteiger partial charge < -0.3 is 10.1 Å². The number of nitrogens with zero attached hydrogens (tertiary/aromatic N) is 5. The summed E-state index contributed by atoms with van der Waals surface area (Å²) in [5.74, 6) is -1.01. The molecule has 1 aromatic carbocycles. The molecule has 118 valence electrons. The van der Waals surface area contributed by atoms with Crippen LogP contribution >= 0.6 is 0 Å². The van der Waals surface area contributed by atoms with Crippen LogP contribution in [0.3, 0.4) is 0 Å². The van der Waals surface area contributed by atoms with Crippen molar-refractivity contribution < 1.29 is 9.72 Å². The molecule has 1 heterocycles. The fourth-order valence-electron chi connectivity index (χ4n) is 1.60. The molecule has 0 fully saturated rings. The molecule has 0 aliphatic carbocycles. The highest BCUT2D eigenvalue weighted by Gasteiger charge is 2.14. The van der Waals surface area contributed by atoms with Crippen LogP contribution in [0.25, 0.3) is 6.08 Å². The minimum atomic E-state index is -0.731. The van der Waals surface area contributed by atoms with Gasteiger partial charge in [0.05, 0.1) is 5.71 Å². The van der Waals surface area contributed by atoms with Gasteiger partial charge in [-0.1, -0.05) is 41.4 Å². The van der Waals surface area contributed by atoms with Crippen LogP contribution in [-0.4, -0.2) is 31.3 Å². The molecule has 1 amide bonds. The van der Waals surface area contributed by atoms with Crippen molar-refractivity contribution in [2.75, 3.05) is 0 Å². The number of nitro groups is 1. The standard InChI is InChI=1S/C14H14N6O3/c1-11(7-8-12-5-3-2-4-6-12)16-17-13(21)9-19-10-15-14(18-19)20(22)23/h2-8,10H,9H2,1H3,(H,17,21). The Morgan fingerprint density at radius 3 is 2.83 bits per heavy atom. The van der Waals surface area contributed by atoms with E-state index in [1.807, 2.05) is 36.4 Å². The summed E-state index contributed by atoms with van der Waals surface area (Å²) in [4.78, 5) is 24.8. The molecule has 0 atom stereocenters. The Labute approximate surface area is 131 Å². The molecule has 9 nitrogen and oxygen atoms in total. The lowest BCUT2D eigenvalue weighted by molar-refractivity contribution is -0.394. The zero-order valence-corrected chi connectivity index (χ0v) is 12.3. The van der Waals surface area contributed by atoms with Gasteiger partial charge in [-0.05, 0) is 23.5 Å². The molecule has 2 aromatic rings. The van der Waals surface area contributed by atoms with Gasteiger partial charge in [0.1, 0.15) is 6.54 Å². The molecule has 0 radical (unpaired) electrons. The fourth-order valence-corrected chi connectivity index (χ4v) is 1.60. The van der Waals surface area contributed by atoms with Crippen LogP contribution in [0.2, 0.25) is 0 Å². The van der Waals surface area contributed by atoms with Gasteiger partial charge in [-0.3, -0.25) is 4.79 Å². The smallest absolute Gasteiger partial charge is 0.390 e. The highest BCUT2D eigenvalue weighted by molar-refractivity contribution is 5.96. The Morgan fingerprint density at radius 2 is 2.17 bits per heavy atom. The van der Waals surface area contributed by atoms with E-state index in [9.17, 15) is 14.9 Å². The summed E-state index contributed by atoms with van der Waals surface area (Å²) in [6, 6.07) is 9.66. The lowest BCUT2D eigenvalue weighted by Gasteiger charge is -1.98. The third-order valence-corrected chi connectivity index (χ3v) is 2.67. The van der Waals surface area contributed by atoms with E-state index in [2.05, 4.69) is 20.6 Å². The van der Waals surface area contributed by atoms with Crippen LogP contribution in [0.4, 0.5) is 5.95 Å². The Kier molecular flexibility index (Phi) is 5.29. The first-order valence-electron chi connectivity index (χ1n) is 6.64. The first-order chi connectivity index (χ1) is 11.0. The molecular formula is C14H14N6O3. The summed E-state index contributed by atoms with van der Waals surface area (Å²) >= 11 is 0. The predicted octanol–water partition coefficient (Wildman–Crippen LogP) is 1.39. The van der Waals surface area contributed by atoms with Gasteiger partial charge in [0.2, 0.25) is 6.33 Å². The van der Waals surface area contributed by atoms with Crippen molar-refractivity contribution in [2.24, 2.45) is 5.10 Å². The second-order valence-electron chi connectivity index (χ2n) is 4.53. The summed E-state index contributed by atoms with van der Waals surface area (Å²) < 4.78 is 1.07. The molecule has 9 heteroatoms. The van der Waals surface area contributed by atoms with Crippen LogP contribution in [0, 0.1) is 10.1 Å². The molecule has 23 heavy (non-hydrogen) atoms. The zero-order chi connectivity index (χ0) is 16.7. The molecule has 1 aromatic heterocycles. The van der Waals surface area contributed by atoms with E-state index in [-0.39, 0.29) is 6.54 Å². The van der Waals surface area contributed by atoms with Crippen molar-refractivity contribution >= 4 is 23.6 Å². The molecule has 0 saturated heterocycles. The number of aromatic nitrogens is 3. The fraction of sp³-hybridized carbons (Fsp3) is 0.143. The molecule has 2 rings (SSSR count). The van der Waals surface area contributed by atoms with E-state index in [4.69, 9.17) is 0 Å². The number of benzene rings is 1. The highest BCUT2D eigenvalue weighted by atomic mass is 16.6. The largest absolute Gasteiger partial charge is 0.490 e. The van der Waals surface area contributed by atoms with E-state index in [0.29, 0.717) is 5.71 Å². The van der Waals surface area contributed by atoms with Gasteiger partial charge in [-0.15, -0.1) is 0 Å². The number of nitrogens with one attached hydrogen (secondary N) is 1. The zero-order valence-electron chi connectivity index (χ0n) is 12.3. The lowest BCUT2D eigenvalue weighted by atomic mass is 10.2. The quantitative estimate of drug-likeness (QED) is 0.491. The minimum absolute atomic E-state index is 0.208. The molecule has 0 unspecified atom stereocenters. The van der Waals surface area contributed by atoms with Gasteiger partial charge in [-0.2, -0.15) is 9.78 Å². The molecule has 0 bridgehead atoms. The summed E-state index contributed by atoms with van der Waals surface area (Å²) in [7, 11) is 0. The van der Waals surface area contributed by atoms with Crippen molar-refractivity contribution in [1.82, 2.24) is 20.2 Å². The first-order valence-corrected chi connectivity index (χ1v) is 6.64. The molecule has 0 spiro atoms. The summed E-state index contributed by atoms with van der Waals surface area (Å²) in [5, 5.41) is 17.9. The maximum Gasteiger partial charge on any atom is 0.490 e. The van der Waals surface area contributed by atoms with Crippen LogP contribution in [-0.2, 0) is 11.3 Å².